The van der Waals surface area contributed by atoms with Crippen LogP contribution in [0, 0.1) is 0 Å². The third-order valence-electron chi connectivity index (χ3n) is 1.75. The normalized spacial score (nSPS) is 9.50. The van der Waals surface area contributed by atoms with Crippen LogP contribution in [0.4, 0.5) is 5.69 Å². The molecule has 0 aliphatic heterocycles. The van der Waals surface area contributed by atoms with E-state index >= 15 is 0 Å². The molecule has 0 heterocycles. The van der Waals surface area contributed by atoms with Gasteiger partial charge in [0.2, 0.25) is 0 Å². The summed E-state index contributed by atoms with van der Waals surface area (Å²) in [6.07, 6.45) is 3.94. The van der Waals surface area contributed by atoms with Crippen molar-refractivity contribution in [1.82, 2.24) is 0 Å². The Kier molecular flexibility index (Phi) is 3.23. The fraction of sp³-hybridized carbons (Fsp3) is 0.200. The summed E-state index contributed by atoms with van der Waals surface area (Å²) in [5.74, 6) is 0. The number of rotatable bonds is 3. The minimum atomic E-state index is 1.13. The van der Waals surface area contributed by atoms with Crippen LogP contribution in [0.5, 0.6) is 0 Å². The molecule has 1 N–H and O–H groups in total. The molecule has 0 spiro atoms. The number of thioether (sulfide) groups is 1. The van der Waals surface area contributed by atoms with Gasteiger partial charge >= 0.3 is 0 Å². The van der Waals surface area contributed by atoms with Crippen molar-refractivity contribution in [3.63, 3.8) is 0 Å². The molecule has 1 nitrogen and oxygen atoms in total. The minimum absolute atomic E-state index is 1.13. The van der Waals surface area contributed by atoms with Gasteiger partial charge in [-0.1, -0.05) is 12.7 Å². The molecule has 1 aromatic rings. The van der Waals surface area contributed by atoms with Gasteiger partial charge in [-0.3, -0.25) is 0 Å². The summed E-state index contributed by atoms with van der Waals surface area (Å²) in [5, 5.41) is 3.12. The smallest absolute Gasteiger partial charge is 0.0411 e. The Morgan fingerprint density at radius 1 is 1.50 bits per heavy atom. The topological polar surface area (TPSA) is 12.0 Å². The Morgan fingerprint density at radius 2 is 2.25 bits per heavy atom. The first-order chi connectivity index (χ1) is 5.81. The van der Waals surface area contributed by atoms with E-state index in [0.29, 0.717) is 0 Å². The average Bonchev–Trinajstić information content (AvgIpc) is 2.16. The predicted molar refractivity (Wildman–Crippen MR) is 57.9 cm³/mol. The molecule has 1 aromatic carbocycles. The molecule has 0 aliphatic carbocycles. The van der Waals surface area contributed by atoms with Crippen molar-refractivity contribution in [2.24, 2.45) is 0 Å². The van der Waals surface area contributed by atoms with Crippen molar-refractivity contribution in [2.45, 2.75) is 4.90 Å². The summed E-state index contributed by atoms with van der Waals surface area (Å²) < 4.78 is 0. The van der Waals surface area contributed by atoms with E-state index < -0.39 is 0 Å². The summed E-state index contributed by atoms with van der Waals surface area (Å²) in [6, 6.07) is 6.30. The Balaban J connectivity index is 3.10. The zero-order valence-electron chi connectivity index (χ0n) is 7.42. The third kappa shape index (κ3) is 1.83. The number of benzene rings is 1. The molecule has 0 bridgehead atoms. The van der Waals surface area contributed by atoms with Gasteiger partial charge in [0.15, 0.2) is 0 Å². The van der Waals surface area contributed by atoms with Gasteiger partial charge in [-0.25, -0.2) is 0 Å². The molecule has 0 saturated carbocycles. The first-order valence-corrected chi connectivity index (χ1v) is 5.02. The van der Waals surface area contributed by atoms with Gasteiger partial charge in [0, 0.05) is 17.6 Å². The van der Waals surface area contributed by atoms with E-state index in [1.54, 1.807) is 11.8 Å². The summed E-state index contributed by atoms with van der Waals surface area (Å²) in [7, 11) is 1.92. The molecule has 0 saturated heterocycles. The summed E-state index contributed by atoms with van der Waals surface area (Å²) in [6.45, 7) is 3.77. The quantitative estimate of drug-likeness (QED) is 0.716. The zero-order chi connectivity index (χ0) is 8.97. The summed E-state index contributed by atoms with van der Waals surface area (Å²) in [5.41, 5.74) is 2.28. The van der Waals surface area contributed by atoms with Crippen LogP contribution in [-0.2, 0) is 0 Å². The lowest BCUT2D eigenvalue weighted by Gasteiger charge is -2.06. The van der Waals surface area contributed by atoms with E-state index in [1.165, 1.54) is 4.90 Å². The number of nitrogens with one attached hydrogen (secondary N) is 1. The standard InChI is InChI=1S/C10H13NS/c1-4-8-7-9(12-3)5-6-10(8)11-2/h4-7,11H,1H2,2-3H3. The van der Waals surface area contributed by atoms with Crippen molar-refractivity contribution in [2.75, 3.05) is 18.6 Å². The second-order valence-electron chi connectivity index (χ2n) is 2.41. The Hall–Kier alpha value is -0.890. The molecular weight excluding hydrogens is 166 g/mol. The van der Waals surface area contributed by atoms with E-state index in [2.05, 4.69) is 36.4 Å². The highest BCUT2D eigenvalue weighted by Gasteiger charge is 1.97. The van der Waals surface area contributed by atoms with Gasteiger partial charge < -0.3 is 5.32 Å². The average molecular weight is 179 g/mol. The van der Waals surface area contributed by atoms with E-state index in [0.717, 1.165) is 11.3 Å². The van der Waals surface area contributed by atoms with E-state index in [-0.39, 0.29) is 0 Å². The molecule has 2 heteroatoms. The largest absolute Gasteiger partial charge is 0.388 e. The van der Waals surface area contributed by atoms with Crippen LogP contribution in [0.25, 0.3) is 6.08 Å². The predicted octanol–water partition coefficient (Wildman–Crippen LogP) is 3.09. The van der Waals surface area contributed by atoms with Crippen molar-refractivity contribution in [3.05, 3.63) is 30.3 Å². The van der Waals surface area contributed by atoms with Crippen LogP contribution in [-0.4, -0.2) is 13.3 Å². The maximum absolute atomic E-state index is 3.77. The van der Waals surface area contributed by atoms with Crippen LogP contribution >= 0.6 is 11.8 Å². The van der Waals surface area contributed by atoms with Gasteiger partial charge in [0.1, 0.15) is 0 Å². The SMILES string of the molecule is C=Cc1cc(SC)ccc1NC. The highest BCUT2D eigenvalue weighted by atomic mass is 32.2. The number of hydrogen-bond donors (Lipinski definition) is 1. The van der Waals surface area contributed by atoms with Gasteiger partial charge in [0.25, 0.3) is 0 Å². The molecule has 12 heavy (non-hydrogen) atoms. The van der Waals surface area contributed by atoms with Crippen LogP contribution in [0.15, 0.2) is 29.7 Å². The number of hydrogen-bond acceptors (Lipinski definition) is 2. The van der Waals surface area contributed by atoms with E-state index in [9.17, 15) is 0 Å². The molecule has 64 valence electrons. The Labute approximate surface area is 77.9 Å². The zero-order valence-corrected chi connectivity index (χ0v) is 8.24. The van der Waals surface area contributed by atoms with Crippen molar-refractivity contribution in [3.8, 4) is 0 Å². The summed E-state index contributed by atoms with van der Waals surface area (Å²) in [4.78, 5) is 1.27. The van der Waals surface area contributed by atoms with Crippen molar-refractivity contribution in [1.29, 1.82) is 0 Å². The lowest BCUT2D eigenvalue weighted by atomic mass is 10.2. The van der Waals surface area contributed by atoms with Crippen molar-refractivity contribution < 1.29 is 0 Å². The highest BCUT2D eigenvalue weighted by molar-refractivity contribution is 7.98. The highest BCUT2D eigenvalue weighted by Crippen LogP contribution is 2.23. The fourth-order valence-corrected chi connectivity index (χ4v) is 1.51. The molecule has 0 atom stereocenters. The number of anilines is 1. The first kappa shape index (κ1) is 9.20. The van der Waals surface area contributed by atoms with E-state index in [1.807, 2.05) is 13.1 Å². The van der Waals surface area contributed by atoms with Crippen LogP contribution in [0.3, 0.4) is 0 Å². The maximum Gasteiger partial charge on any atom is 0.0411 e. The monoisotopic (exact) mass is 179 g/mol. The lowest BCUT2D eigenvalue weighted by Crippen LogP contribution is -1.90. The first-order valence-electron chi connectivity index (χ1n) is 3.80. The lowest BCUT2D eigenvalue weighted by molar-refractivity contribution is 1.41. The molecule has 0 aromatic heterocycles. The third-order valence-corrected chi connectivity index (χ3v) is 2.47. The van der Waals surface area contributed by atoms with Crippen LogP contribution in [0.1, 0.15) is 5.56 Å². The molecule has 0 aliphatic rings. The molecule has 0 radical (unpaired) electrons. The second-order valence-corrected chi connectivity index (χ2v) is 3.29. The van der Waals surface area contributed by atoms with Crippen LogP contribution < -0.4 is 5.32 Å². The Bertz CT molecular complexity index is 281. The molecule has 0 fully saturated rings. The van der Waals surface area contributed by atoms with Crippen molar-refractivity contribution >= 4 is 23.5 Å². The van der Waals surface area contributed by atoms with Gasteiger partial charge in [-0.2, -0.15) is 0 Å². The second kappa shape index (κ2) is 4.21. The molecule has 1 rings (SSSR count). The van der Waals surface area contributed by atoms with Gasteiger partial charge in [-0.15, -0.1) is 11.8 Å². The fourth-order valence-electron chi connectivity index (χ4n) is 1.06. The Morgan fingerprint density at radius 3 is 2.75 bits per heavy atom. The van der Waals surface area contributed by atoms with Crippen LogP contribution in [0.2, 0.25) is 0 Å². The van der Waals surface area contributed by atoms with Gasteiger partial charge in [-0.05, 0) is 30.0 Å². The molecule has 0 amide bonds. The molecule has 0 unspecified atom stereocenters. The molecular formula is C10H13NS. The minimum Gasteiger partial charge on any atom is -0.388 e. The van der Waals surface area contributed by atoms with E-state index in [4.69, 9.17) is 0 Å². The summed E-state index contributed by atoms with van der Waals surface area (Å²) >= 11 is 1.74. The maximum atomic E-state index is 3.77. The van der Waals surface area contributed by atoms with Gasteiger partial charge in [0.05, 0.1) is 0 Å².